The van der Waals surface area contributed by atoms with E-state index in [2.05, 4.69) is 17.4 Å². The molecule has 2 aromatic rings. The molecule has 2 aliphatic rings. The monoisotopic (exact) mass is 480 g/mol. The Labute approximate surface area is 204 Å². The van der Waals surface area contributed by atoms with E-state index in [0.717, 1.165) is 27.2 Å². The number of benzene rings is 2. The van der Waals surface area contributed by atoms with Crippen LogP contribution in [0.25, 0.3) is 11.1 Å². The zero-order valence-corrected chi connectivity index (χ0v) is 20.2. The summed E-state index contributed by atoms with van der Waals surface area (Å²) in [4.78, 5) is 38.9. The summed E-state index contributed by atoms with van der Waals surface area (Å²) < 4.78 is 5.61. The fraction of sp³-hybridized carbons (Fsp3) is 0.444. The predicted octanol–water partition coefficient (Wildman–Crippen LogP) is 3.38. The molecule has 3 atom stereocenters. The summed E-state index contributed by atoms with van der Waals surface area (Å²) in [7, 11) is 0. The lowest BCUT2D eigenvalue weighted by Crippen LogP contribution is -2.53. The van der Waals surface area contributed by atoms with Crippen molar-refractivity contribution in [3.8, 4) is 11.1 Å². The van der Waals surface area contributed by atoms with E-state index in [1.165, 1.54) is 0 Å². The molecule has 8 heteroatoms. The summed E-state index contributed by atoms with van der Waals surface area (Å²) >= 11 is 0. The van der Waals surface area contributed by atoms with Gasteiger partial charge in [-0.1, -0.05) is 69.3 Å². The van der Waals surface area contributed by atoms with Crippen LogP contribution in [-0.4, -0.2) is 64.4 Å². The number of rotatable bonds is 6. The number of nitrogens with zero attached hydrogens (tertiary/aromatic N) is 1. The summed E-state index contributed by atoms with van der Waals surface area (Å²) in [6.45, 7) is 5.82. The fourth-order valence-electron chi connectivity index (χ4n) is 5.09. The molecule has 1 heterocycles. The summed E-state index contributed by atoms with van der Waals surface area (Å²) in [5, 5.41) is 22.1. The van der Waals surface area contributed by atoms with Gasteiger partial charge in [0.1, 0.15) is 18.7 Å². The first-order chi connectivity index (χ1) is 16.5. The number of amides is 2. The van der Waals surface area contributed by atoms with E-state index in [1.807, 2.05) is 57.2 Å². The molecule has 4 rings (SSSR count). The number of carbonyl (C=O) groups excluding carboxylic acids is 2. The maximum atomic E-state index is 13.3. The highest BCUT2D eigenvalue weighted by atomic mass is 16.5. The van der Waals surface area contributed by atoms with Crippen LogP contribution in [0.3, 0.4) is 0 Å². The highest BCUT2D eigenvalue weighted by Gasteiger charge is 2.42. The van der Waals surface area contributed by atoms with Crippen molar-refractivity contribution in [2.45, 2.75) is 57.7 Å². The van der Waals surface area contributed by atoms with Gasteiger partial charge in [-0.05, 0) is 34.1 Å². The van der Waals surface area contributed by atoms with Crippen LogP contribution in [0.1, 0.15) is 50.7 Å². The number of aliphatic hydroxyl groups excluding tert-OH is 1. The Kier molecular flexibility index (Phi) is 6.85. The van der Waals surface area contributed by atoms with Gasteiger partial charge in [0.25, 0.3) is 0 Å². The van der Waals surface area contributed by atoms with Gasteiger partial charge >= 0.3 is 12.1 Å². The van der Waals surface area contributed by atoms with Gasteiger partial charge in [0.05, 0.1) is 6.10 Å². The number of β-amino-alcohol motifs (C(OH)–C–C–N with tert-alkyl or cyclic N) is 1. The van der Waals surface area contributed by atoms with Gasteiger partial charge in [-0.15, -0.1) is 0 Å². The number of aliphatic carboxylic acids is 1. The number of ether oxygens (including phenoxy) is 1. The van der Waals surface area contributed by atoms with E-state index >= 15 is 0 Å². The lowest BCUT2D eigenvalue weighted by atomic mass is 9.87. The molecule has 1 aliphatic heterocycles. The molecular formula is C27H32N2O6. The van der Waals surface area contributed by atoms with Crippen LogP contribution in [0.2, 0.25) is 0 Å². The number of carboxylic acid groups (broad SMARTS) is 1. The maximum Gasteiger partial charge on any atom is 0.407 e. The van der Waals surface area contributed by atoms with E-state index in [-0.39, 0.29) is 37.3 Å². The number of hydrogen-bond acceptors (Lipinski definition) is 5. The van der Waals surface area contributed by atoms with E-state index in [1.54, 1.807) is 0 Å². The molecule has 0 bridgehead atoms. The molecular weight excluding hydrogens is 448 g/mol. The van der Waals surface area contributed by atoms with Crippen molar-refractivity contribution >= 4 is 18.0 Å². The molecule has 2 amide bonds. The van der Waals surface area contributed by atoms with Crippen molar-refractivity contribution in [1.82, 2.24) is 10.2 Å². The number of carboxylic acids is 1. The van der Waals surface area contributed by atoms with Gasteiger partial charge in [0.15, 0.2) is 0 Å². The van der Waals surface area contributed by atoms with Crippen LogP contribution in [0.5, 0.6) is 0 Å². The molecule has 8 nitrogen and oxygen atoms in total. The highest BCUT2D eigenvalue weighted by molar-refractivity contribution is 5.90. The molecule has 1 fully saturated rings. The van der Waals surface area contributed by atoms with Crippen molar-refractivity contribution in [3.63, 3.8) is 0 Å². The van der Waals surface area contributed by atoms with Crippen molar-refractivity contribution in [1.29, 1.82) is 0 Å². The number of hydrogen-bond donors (Lipinski definition) is 3. The normalized spacial score (nSPS) is 20.2. The SMILES string of the molecule is CC(C)(C)CC(NC(=O)OCC1c2ccccc2-c2ccccc21)C(=O)N1CC(O)C[C@H]1C(=O)O. The number of likely N-dealkylation sites (tertiary alicyclic amines) is 1. The molecule has 0 aromatic heterocycles. The molecule has 1 aliphatic carbocycles. The Morgan fingerprint density at radius 2 is 1.63 bits per heavy atom. The molecule has 0 saturated carbocycles. The summed E-state index contributed by atoms with van der Waals surface area (Å²) in [6.07, 6.45) is -1.39. The Morgan fingerprint density at radius 1 is 1.06 bits per heavy atom. The lowest BCUT2D eigenvalue weighted by molar-refractivity contribution is -0.149. The van der Waals surface area contributed by atoms with E-state index in [0.29, 0.717) is 0 Å². The Bertz CT molecular complexity index is 1080. The minimum absolute atomic E-state index is 0.0335. The predicted molar refractivity (Wildman–Crippen MR) is 130 cm³/mol. The quantitative estimate of drug-likeness (QED) is 0.584. The third-order valence-corrected chi connectivity index (χ3v) is 6.60. The third-order valence-electron chi connectivity index (χ3n) is 6.60. The number of carbonyl (C=O) groups is 3. The van der Waals surface area contributed by atoms with Gasteiger partial charge < -0.3 is 25.2 Å². The Hall–Kier alpha value is -3.39. The number of alkyl carbamates (subject to hydrolysis) is 1. The summed E-state index contributed by atoms with van der Waals surface area (Å²) in [5.41, 5.74) is 4.07. The minimum atomic E-state index is -1.18. The Balaban J connectivity index is 1.47. The topological polar surface area (TPSA) is 116 Å². The molecule has 0 spiro atoms. The van der Waals surface area contributed by atoms with Crippen LogP contribution in [0.4, 0.5) is 4.79 Å². The second-order valence-corrected chi connectivity index (χ2v) is 10.5. The molecule has 2 unspecified atom stereocenters. The zero-order chi connectivity index (χ0) is 25.3. The molecule has 35 heavy (non-hydrogen) atoms. The van der Waals surface area contributed by atoms with Crippen molar-refractivity contribution in [3.05, 3.63) is 59.7 Å². The average molecular weight is 481 g/mol. The molecule has 3 N–H and O–H groups in total. The zero-order valence-electron chi connectivity index (χ0n) is 20.2. The number of fused-ring (bicyclic) bond motifs is 3. The van der Waals surface area contributed by atoms with Crippen molar-refractivity contribution in [2.75, 3.05) is 13.2 Å². The Morgan fingerprint density at radius 3 is 2.17 bits per heavy atom. The second-order valence-electron chi connectivity index (χ2n) is 10.5. The van der Waals surface area contributed by atoms with Gasteiger partial charge in [-0.3, -0.25) is 4.79 Å². The lowest BCUT2D eigenvalue weighted by Gasteiger charge is -2.31. The maximum absolute atomic E-state index is 13.3. The van der Waals surface area contributed by atoms with Gasteiger partial charge in [0.2, 0.25) is 5.91 Å². The largest absolute Gasteiger partial charge is 0.480 e. The average Bonchev–Trinajstić information content (AvgIpc) is 3.34. The molecule has 2 aromatic carbocycles. The number of nitrogens with one attached hydrogen (secondary N) is 1. The van der Waals surface area contributed by atoms with Crippen LogP contribution < -0.4 is 5.32 Å². The van der Waals surface area contributed by atoms with Crippen LogP contribution in [0.15, 0.2) is 48.5 Å². The van der Waals surface area contributed by atoms with Gasteiger partial charge in [-0.25, -0.2) is 9.59 Å². The molecule has 1 saturated heterocycles. The van der Waals surface area contributed by atoms with Crippen LogP contribution in [0, 0.1) is 5.41 Å². The van der Waals surface area contributed by atoms with Crippen LogP contribution >= 0.6 is 0 Å². The first-order valence-electron chi connectivity index (χ1n) is 11.9. The number of aliphatic hydroxyl groups is 1. The highest BCUT2D eigenvalue weighted by Crippen LogP contribution is 2.44. The molecule has 0 radical (unpaired) electrons. The van der Waals surface area contributed by atoms with Gasteiger partial charge in [0, 0.05) is 18.9 Å². The van der Waals surface area contributed by atoms with Gasteiger partial charge in [-0.2, -0.15) is 0 Å². The van der Waals surface area contributed by atoms with E-state index in [9.17, 15) is 24.6 Å². The van der Waals surface area contributed by atoms with E-state index in [4.69, 9.17) is 4.74 Å². The minimum Gasteiger partial charge on any atom is -0.480 e. The molecule has 186 valence electrons. The first-order valence-corrected chi connectivity index (χ1v) is 11.9. The fourth-order valence-corrected chi connectivity index (χ4v) is 5.09. The van der Waals surface area contributed by atoms with Crippen molar-refractivity contribution in [2.24, 2.45) is 5.41 Å². The van der Waals surface area contributed by atoms with Crippen molar-refractivity contribution < 1.29 is 29.3 Å². The standard InChI is InChI=1S/C27H32N2O6/c1-27(2,3)13-22(24(31)29-14-16(30)12-23(29)25(32)33)28-26(34)35-15-21-19-10-6-4-8-17(19)18-9-5-7-11-20(18)21/h4-11,16,21-23,30H,12-15H2,1-3H3,(H,28,34)(H,32,33)/t16?,22?,23-/m0/s1. The smallest absolute Gasteiger partial charge is 0.407 e. The first kappa shape index (κ1) is 24.7. The summed E-state index contributed by atoms with van der Waals surface area (Å²) in [5.74, 6) is -1.82. The van der Waals surface area contributed by atoms with E-state index < -0.39 is 36.2 Å². The summed E-state index contributed by atoms with van der Waals surface area (Å²) in [6, 6.07) is 13.9. The third kappa shape index (κ3) is 5.32. The second kappa shape index (κ2) is 9.70. The van der Waals surface area contributed by atoms with Crippen LogP contribution in [-0.2, 0) is 14.3 Å².